The van der Waals surface area contributed by atoms with E-state index in [1.807, 2.05) is 0 Å². The molecule has 140 valence electrons. The van der Waals surface area contributed by atoms with E-state index in [4.69, 9.17) is 9.47 Å². The van der Waals surface area contributed by atoms with E-state index in [9.17, 15) is 19.7 Å². The van der Waals surface area contributed by atoms with Gasteiger partial charge in [-0.05, 0) is 25.1 Å². The minimum atomic E-state index is -0.578. The van der Waals surface area contributed by atoms with Crippen LogP contribution in [0.4, 0.5) is 11.4 Å². The second kappa shape index (κ2) is 7.86. The van der Waals surface area contributed by atoms with Crippen LogP contribution in [0.1, 0.15) is 23.7 Å². The van der Waals surface area contributed by atoms with Crippen LogP contribution in [0.5, 0.6) is 5.75 Å². The van der Waals surface area contributed by atoms with Crippen LogP contribution in [0.2, 0.25) is 0 Å². The first-order valence-corrected chi connectivity index (χ1v) is 8.46. The van der Waals surface area contributed by atoms with E-state index < -0.39 is 22.8 Å². The van der Waals surface area contributed by atoms with Crippen molar-refractivity contribution in [2.24, 2.45) is 0 Å². The Bertz CT molecular complexity index is 882. The summed E-state index contributed by atoms with van der Waals surface area (Å²) in [7, 11) is 0. The van der Waals surface area contributed by atoms with Crippen LogP contribution < -0.4 is 9.64 Å². The van der Waals surface area contributed by atoms with E-state index in [1.165, 1.54) is 29.2 Å². The highest BCUT2D eigenvalue weighted by molar-refractivity contribution is 6.08. The maximum Gasteiger partial charge on any atom is 0.308 e. The third-order valence-electron chi connectivity index (χ3n) is 4.15. The number of hydrogen-bond donors (Lipinski definition) is 0. The largest absolute Gasteiger partial charge is 0.489 e. The molecule has 1 aliphatic rings. The van der Waals surface area contributed by atoms with E-state index in [2.05, 4.69) is 0 Å². The highest BCUT2D eigenvalue weighted by atomic mass is 16.6. The zero-order valence-electron chi connectivity index (χ0n) is 14.7. The lowest BCUT2D eigenvalue weighted by atomic mass is 10.1. The molecule has 0 radical (unpaired) electrons. The van der Waals surface area contributed by atoms with E-state index in [-0.39, 0.29) is 30.9 Å². The van der Waals surface area contributed by atoms with E-state index in [0.29, 0.717) is 11.4 Å². The molecule has 0 saturated carbocycles. The van der Waals surface area contributed by atoms with Crippen molar-refractivity contribution in [2.45, 2.75) is 19.4 Å². The van der Waals surface area contributed by atoms with Crippen LogP contribution in [0.15, 0.2) is 48.5 Å². The van der Waals surface area contributed by atoms with Crippen LogP contribution in [0, 0.1) is 10.1 Å². The molecule has 3 rings (SSSR count). The van der Waals surface area contributed by atoms with Crippen LogP contribution in [-0.2, 0) is 9.53 Å². The molecule has 1 heterocycles. The Morgan fingerprint density at radius 1 is 1.26 bits per heavy atom. The zero-order chi connectivity index (χ0) is 19.4. The molecular weight excluding hydrogens is 352 g/mol. The van der Waals surface area contributed by atoms with Crippen molar-refractivity contribution in [3.05, 3.63) is 64.2 Å². The molecule has 0 spiro atoms. The number of para-hydroxylation sites is 2. The SMILES string of the molecule is CCOC(=O)C[C@@H]1COc2ccccc2N1C(=O)c1cccc([N+](=O)[O-])c1. The normalized spacial score (nSPS) is 15.4. The molecule has 1 atom stereocenters. The Hall–Kier alpha value is -3.42. The predicted octanol–water partition coefficient (Wildman–Crippen LogP) is 2.96. The fraction of sp³-hybridized carbons (Fsp3) is 0.263. The number of esters is 1. The average Bonchev–Trinajstić information content (AvgIpc) is 2.67. The quantitative estimate of drug-likeness (QED) is 0.456. The lowest BCUT2D eigenvalue weighted by Gasteiger charge is -2.36. The van der Waals surface area contributed by atoms with Crippen molar-refractivity contribution in [2.75, 3.05) is 18.1 Å². The monoisotopic (exact) mass is 370 g/mol. The van der Waals surface area contributed by atoms with Gasteiger partial charge in [-0.15, -0.1) is 0 Å². The highest BCUT2D eigenvalue weighted by Crippen LogP contribution is 2.35. The van der Waals surface area contributed by atoms with Gasteiger partial charge in [-0.3, -0.25) is 24.6 Å². The Kier molecular flexibility index (Phi) is 5.35. The Morgan fingerprint density at radius 2 is 2.04 bits per heavy atom. The van der Waals surface area contributed by atoms with Crippen molar-refractivity contribution >= 4 is 23.3 Å². The Morgan fingerprint density at radius 3 is 2.78 bits per heavy atom. The van der Waals surface area contributed by atoms with Gasteiger partial charge in [0.2, 0.25) is 0 Å². The average molecular weight is 370 g/mol. The lowest BCUT2D eigenvalue weighted by Crippen LogP contribution is -2.48. The van der Waals surface area contributed by atoms with E-state index in [0.717, 1.165) is 0 Å². The van der Waals surface area contributed by atoms with Crippen molar-refractivity contribution in [1.82, 2.24) is 0 Å². The minimum Gasteiger partial charge on any atom is -0.489 e. The molecule has 2 aromatic rings. The second-order valence-electron chi connectivity index (χ2n) is 5.92. The van der Waals surface area contributed by atoms with Crippen molar-refractivity contribution in [3.63, 3.8) is 0 Å². The number of hydrogen-bond acceptors (Lipinski definition) is 6. The first kappa shape index (κ1) is 18.4. The summed E-state index contributed by atoms with van der Waals surface area (Å²) in [6, 6.07) is 11.9. The number of anilines is 1. The predicted molar refractivity (Wildman–Crippen MR) is 96.9 cm³/mol. The first-order chi connectivity index (χ1) is 13.0. The van der Waals surface area contributed by atoms with Crippen molar-refractivity contribution < 1.29 is 24.0 Å². The van der Waals surface area contributed by atoms with Gasteiger partial charge in [-0.2, -0.15) is 0 Å². The number of non-ortho nitro benzene ring substituents is 1. The number of nitro benzene ring substituents is 1. The molecule has 8 nitrogen and oxygen atoms in total. The number of benzene rings is 2. The maximum atomic E-state index is 13.2. The number of amides is 1. The smallest absolute Gasteiger partial charge is 0.308 e. The number of nitro groups is 1. The Labute approximate surface area is 155 Å². The van der Waals surface area contributed by atoms with Gasteiger partial charge in [0.1, 0.15) is 12.4 Å². The summed E-state index contributed by atoms with van der Waals surface area (Å²) < 4.78 is 10.7. The number of rotatable bonds is 5. The van der Waals surface area contributed by atoms with Crippen LogP contribution in [-0.4, -0.2) is 36.1 Å². The van der Waals surface area contributed by atoms with Gasteiger partial charge in [-0.1, -0.05) is 18.2 Å². The van der Waals surface area contributed by atoms with E-state index in [1.54, 1.807) is 31.2 Å². The van der Waals surface area contributed by atoms with Gasteiger partial charge in [-0.25, -0.2) is 0 Å². The molecular formula is C19H18N2O6. The Balaban J connectivity index is 1.98. The summed E-state index contributed by atoms with van der Waals surface area (Å²) in [6.45, 7) is 2.06. The number of fused-ring (bicyclic) bond motifs is 1. The molecule has 0 bridgehead atoms. The molecule has 0 unspecified atom stereocenters. The maximum absolute atomic E-state index is 13.2. The molecule has 0 aliphatic carbocycles. The molecule has 1 amide bonds. The molecule has 27 heavy (non-hydrogen) atoms. The van der Waals surface area contributed by atoms with Crippen LogP contribution >= 0.6 is 0 Å². The molecule has 0 fully saturated rings. The van der Waals surface area contributed by atoms with Crippen molar-refractivity contribution in [3.8, 4) is 5.75 Å². The second-order valence-corrected chi connectivity index (χ2v) is 5.92. The van der Waals surface area contributed by atoms with Gasteiger partial charge >= 0.3 is 5.97 Å². The molecule has 0 aromatic heterocycles. The van der Waals surface area contributed by atoms with Crippen molar-refractivity contribution in [1.29, 1.82) is 0 Å². The lowest BCUT2D eigenvalue weighted by molar-refractivity contribution is -0.384. The summed E-state index contributed by atoms with van der Waals surface area (Å²) in [5.74, 6) is -0.373. The van der Waals surface area contributed by atoms with Crippen LogP contribution in [0.25, 0.3) is 0 Å². The van der Waals surface area contributed by atoms with Gasteiger partial charge in [0.15, 0.2) is 0 Å². The van der Waals surface area contributed by atoms with Gasteiger partial charge in [0.25, 0.3) is 11.6 Å². The number of carbonyl (C=O) groups excluding carboxylic acids is 2. The minimum absolute atomic E-state index is 0.0388. The fourth-order valence-electron chi connectivity index (χ4n) is 2.96. The molecule has 2 aromatic carbocycles. The molecule has 0 N–H and O–H groups in total. The standard InChI is InChI=1S/C19H18N2O6/c1-2-26-18(22)11-15-12-27-17-9-4-3-8-16(17)20(15)19(23)13-6-5-7-14(10-13)21(24)25/h3-10,15H,2,11-12H2,1H3/t15-/m1/s1. The van der Waals surface area contributed by atoms with E-state index >= 15 is 0 Å². The van der Waals surface area contributed by atoms with Gasteiger partial charge in [0.05, 0.1) is 29.7 Å². The summed E-state index contributed by atoms with van der Waals surface area (Å²) in [4.78, 5) is 37.1. The molecule has 8 heteroatoms. The summed E-state index contributed by atoms with van der Waals surface area (Å²) in [5, 5.41) is 11.0. The molecule has 0 saturated heterocycles. The third kappa shape index (κ3) is 3.89. The van der Waals surface area contributed by atoms with Gasteiger partial charge < -0.3 is 9.47 Å². The molecule has 1 aliphatic heterocycles. The first-order valence-electron chi connectivity index (χ1n) is 8.46. The topological polar surface area (TPSA) is 99.0 Å². The zero-order valence-corrected chi connectivity index (χ0v) is 14.7. The summed E-state index contributed by atoms with van der Waals surface area (Å²) >= 11 is 0. The third-order valence-corrected chi connectivity index (χ3v) is 4.15. The number of carbonyl (C=O) groups is 2. The highest BCUT2D eigenvalue weighted by Gasteiger charge is 2.35. The van der Waals surface area contributed by atoms with Gasteiger partial charge in [0, 0.05) is 17.7 Å². The number of ether oxygens (including phenoxy) is 2. The number of nitrogens with zero attached hydrogens (tertiary/aromatic N) is 2. The fourth-order valence-corrected chi connectivity index (χ4v) is 2.96. The summed E-state index contributed by atoms with van der Waals surface area (Å²) in [5.41, 5.74) is 0.494. The van der Waals surface area contributed by atoms with Crippen LogP contribution in [0.3, 0.4) is 0 Å². The summed E-state index contributed by atoms with van der Waals surface area (Å²) in [6.07, 6.45) is -0.0388.